The number of benzene rings is 2. The number of pyridine rings is 1. The van der Waals surface area contributed by atoms with E-state index in [1.165, 1.54) is 0 Å². The van der Waals surface area contributed by atoms with Gasteiger partial charge in [0, 0.05) is 37.4 Å². The Hall–Kier alpha value is -4.14. The summed E-state index contributed by atoms with van der Waals surface area (Å²) < 4.78 is 11.9. The number of carbonyl (C=O) groups excluding carboxylic acids is 2. The van der Waals surface area contributed by atoms with Crippen molar-refractivity contribution < 1.29 is 29.0 Å². The average Bonchev–Trinajstić information content (AvgIpc) is 3.77. The van der Waals surface area contributed by atoms with E-state index in [2.05, 4.69) is 11.4 Å². The maximum Gasteiger partial charge on any atom is 0.313 e. The van der Waals surface area contributed by atoms with Crippen molar-refractivity contribution in [3.8, 4) is 11.5 Å². The highest BCUT2D eigenvalue weighted by atomic mass is 16.5. The molecule has 9 heteroatoms. The summed E-state index contributed by atoms with van der Waals surface area (Å²) in [6, 6.07) is 12.7. The van der Waals surface area contributed by atoms with Gasteiger partial charge in [-0.1, -0.05) is 18.2 Å². The molecule has 2 fully saturated rings. The molecule has 9 nitrogen and oxygen atoms in total. The van der Waals surface area contributed by atoms with E-state index in [0.717, 1.165) is 29.3 Å². The fourth-order valence-electron chi connectivity index (χ4n) is 5.52. The second-order valence-corrected chi connectivity index (χ2v) is 11.2. The van der Waals surface area contributed by atoms with Crippen molar-refractivity contribution >= 4 is 28.7 Å². The number of carboxylic acid groups (broad SMARTS) is 1. The minimum atomic E-state index is -1.14. The molecule has 2 amide bonds. The lowest BCUT2D eigenvalue weighted by molar-refractivity contribution is -0.142. The number of methoxy groups -OCH3 is 1. The normalized spacial score (nSPS) is 18.3. The zero-order valence-electron chi connectivity index (χ0n) is 22.2. The van der Waals surface area contributed by atoms with Gasteiger partial charge in [-0.3, -0.25) is 14.4 Å². The van der Waals surface area contributed by atoms with Crippen LogP contribution >= 0.6 is 0 Å². The number of hydrogen-bond donors (Lipinski definition) is 2. The fraction of sp³-hybridized carbons (Fsp3) is 0.400. The van der Waals surface area contributed by atoms with E-state index in [0.29, 0.717) is 60.2 Å². The third kappa shape index (κ3) is 4.26. The number of aliphatic carboxylic acids is 1. The molecule has 202 valence electrons. The molecule has 1 saturated carbocycles. The first kappa shape index (κ1) is 25.2. The van der Waals surface area contributed by atoms with Gasteiger partial charge in [-0.25, -0.2) is 4.98 Å². The van der Waals surface area contributed by atoms with Gasteiger partial charge in [-0.05, 0) is 61.9 Å². The third-order valence-corrected chi connectivity index (χ3v) is 8.27. The molecule has 3 aliphatic rings. The minimum absolute atomic E-state index is 0.182. The number of hydrogen-bond acceptors (Lipinski definition) is 6. The van der Waals surface area contributed by atoms with Crippen molar-refractivity contribution in [2.75, 3.05) is 20.2 Å². The van der Waals surface area contributed by atoms with Crippen LogP contribution in [0.5, 0.6) is 11.5 Å². The molecule has 1 aromatic heterocycles. The number of ether oxygens (including phenoxy) is 2. The van der Waals surface area contributed by atoms with Crippen molar-refractivity contribution in [3.05, 3.63) is 64.8 Å². The van der Waals surface area contributed by atoms with Gasteiger partial charge >= 0.3 is 5.97 Å². The number of nitrogens with one attached hydrogen (secondary N) is 1. The molecule has 1 aliphatic carbocycles. The largest absolute Gasteiger partial charge is 0.496 e. The Labute approximate surface area is 226 Å². The second kappa shape index (κ2) is 8.97. The van der Waals surface area contributed by atoms with E-state index in [1.54, 1.807) is 50.1 Å². The van der Waals surface area contributed by atoms with Crippen LogP contribution in [-0.4, -0.2) is 58.7 Å². The number of likely N-dealkylation sites (tertiary alicyclic amines) is 1. The monoisotopic (exact) mass is 529 g/mol. The molecule has 0 unspecified atom stereocenters. The number of amides is 2. The van der Waals surface area contributed by atoms with Crippen molar-refractivity contribution in [3.63, 3.8) is 0 Å². The highest BCUT2D eigenvalue weighted by Crippen LogP contribution is 2.44. The van der Waals surface area contributed by atoms with Crippen molar-refractivity contribution in [1.82, 2.24) is 15.2 Å². The fourth-order valence-corrected chi connectivity index (χ4v) is 5.52. The molecular formula is C30H31N3O6. The van der Waals surface area contributed by atoms with Crippen molar-refractivity contribution in [2.45, 2.75) is 56.6 Å². The molecule has 3 heterocycles. The SMILES string of the molecule is COc1cc(C(=O)N2CCC3(CC2)NC(=O)c2cc(C(C)(C)C(=O)O)ccc2O3)nc2c(C3CC3)cccc12. The van der Waals surface area contributed by atoms with E-state index < -0.39 is 17.1 Å². The number of fused-ring (bicyclic) bond motifs is 2. The Kier molecular flexibility index (Phi) is 5.78. The molecule has 3 aromatic rings. The maximum absolute atomic E-state index is 13.6. The zero-order chi connectivity index (χ0) is 27.5. The van der Waals surface area contributed by atoms with Crippen LogP contribution in [0.3, 0.4) is 0 Å². The first-order valence-electron chi connectivity index (χ1n) is 13.3. The topological polar surface area (TPSA) is 118 Å². The highest BCUT2D eigenvalue weighted by molar-refractivity contribution is 6.00. The van der Waals surface area contributed by atoms with Crippen molar-refractivity contribution in [2.24, 2.45) is 0 Å². The van der Waals surface area contributed by atoms with Crippen LogP contribution in [0.1, 0.15) is 77.4 Å². The minimum Gasteiger partial charge on any atom is -0.496 e. The summed E-state index contributed by atoms with van der Waals surface area (Å²) in [5, 5.41) is 13.4. The lowest BCUT2D eigenvalue weighted by Crippen LogP contribution is -2.61. The molecule has 2 aliphatic heterocycles. The van der Waals surface area contributed by atoms with Gasteiger partial charge in [0.2, 0.25) is 0 Å². The number of aromatic nitrogens is 1. The molecule has 0 atom stereocenters. The highest BCUT2D eigenvalue weighted by Gasteiger charge is 2.44. The van der Waals surface area contributed by atoms with Crippen LogP contribution in [0.15, 0.2) is 42.5 Å². The standard InChI is InChI=1S/C30H31N3O6/c1-29(2,28(36)37)18-9-10-23-21(15-18)26(34)32-30(39-23)11-13-33(14-12-30)27(35)22-16-24(38-3)20-6-4-5-19(17-7-8-17)25(20)31-22/h4-6,9-10,15-17H,7-8,11-14H2,1-3H3,(H,32,34)(H,36,37). The Morgan fingerprint density at radius 3 is 2.56 bits per heavy atom. The van der Waals surface area contributed by atoms with Gasteiger partial charge in [0.15, 0.2) is 5.72 Å². The van der Waals surface area contributed by atoms with E-state index in [-0.39, 0.29) is 11.8 Å². The van der Waals surface area contributed by atoms with E-state index in [9.17, 15) is 19.5 Å². The Morgan fingerprint density at radius 2 is 1.90 bits per heavy atom. The smallest absolute Gasteiger partial charge is 0.313 e. The Balaban J connectivity index is 1.21. The number of carboxylic acids is 1. The molecule has 2 aromatic carbocycles. The molecule has 1 saturated heterocycles. The first-order valence-corrected chi connectivity index (χ1v) is 13.3. The van der Waals surface area contributed by atoms with Crippen LogP contribution in [0, 0.1) is 0 Å². The summed E-state index contributed by atoms with van der Waals surface area (Å²) in [6.45, 7) is 3.95. The number of piperidine rings is 1. The summed E-state index contributed by atoms with van der Waals surface area (Å²) in [6.07, 6.45) is 3.07. The zero-order valence-corrected chi connectivity index (χ0v) is 22.2. The van der Waals surface area contributed by atoms with Gasteiger partial charge in [-0.15, -0.1) is 0 Å². The van der Waals surface area contributed by atoms with Crippen LogP contribution in [0.25, 0.3) is 10.9 Å². The molecule has 39 heavy (non-hydrogen) atoms. The predicted octanol–water partition coefficient (Wildman–Crippen LogP) is 4.24. The van der Waals surface area contributed by atoms with Gasteiger partial charge < -0.3 is 24.8 Å². The van der Waals surface area contributed by atoms with Gasteiger partial charge in [0.1, 0.15) is 17.2 Å². The second-order valence-electron chi connectivity index (χ2n) is 11.2. The lowest BCUT2D eigenvalue weighted by atomic mass is 9.83. The van der Waals surface area contributed by atoms with Crippen molar-refractivity contribution in [1.29, 1.82) is 0 Å². The average molecular weight is 530 g/mol. The van der Waals surface area contributed by atoms with Gasteiger partial charge in [0.05, 0.1) is 23.6 Å². The summed E-state index contributed by atoms with van der Waals surface area (Å²) >= 11 is 0. The van der Waals surface area contributed by atoms with Crippen LogP contribution in [0.4, 0.5) is 0 Å². The quantitative estimate of drug-likeness (QED) is 0.508. The molecule has 0 radical (unpaired) electrons. The molecule has 6 rings (SSSR count). The summed E-state index contributed by atoms with van der Waals surface area (Å²) in [5.41, 5.74) is 1.08. The Bertz CT molecular complexity index is 1520. The third-order valence-electron chi connectivity index (χ3n) is 8.27. The molecular weight excluding hydrogens is 498 g/mol. The van der Waals surface area contributed by atoms with Crippen LogP contribution in [-0.2, 0) is 10.2 Å². The number of carbonyl (C=O) groups is 3. The summed E-state index contributed by atoms with van der Waals surface area (Å²) in [7, 11) is 1.60. The van der Waals surface area contributed by atoms with Crippen LogP contribution < -0.4 is 14.8 Å². The summed E-state index contributed by atoms with van der Waals surface area (Å²) in [5.74, 6) is 0.0512. The number of para-hydroxylation sites is 1. The molecule has 1 spiro atoms. The summed E-state index contributed by atoms with van der Waals surface area (Å²) in [4.78, 5) is 44.9. The predicted molar refractivity (Wildman–Crippen MR) is 143 cm³/mol. The maximum atomic E-state index is 13.6. The van der Waals surface area contributed by atoms with E-state index >= 15 is 0 Å². The molecule has 0 bridgehead atoms. The van der Waals surface area contributed by atoms with E-state index in [1.807, 2.05) is 12.1 Å². The number of rotatable bonds is 5. The first-order chi connectivity index (χ1) is 18.6. The van der Waals surface area contributed by atoms with Crippen LogP contribution in [0.2, 0.25) is 0 Å². The van der Waals surface area contributed by atoms with Gasteiger partial charge in [-0.2, -0.15) is 0 Å². The lowest BCUT2D eigenvalue weighted by Gasteiger charge is -2.44. The van der Waals surface area contributed by atoms with E-state index in [4.69, 9.17) is 14.5 Å². The number of nitrogens with zero attached hydrogens (tertiary/aromatic N) is 2. The Morgan fingerprint density at radius 1 is 1.15 bits per heavy atom. The van der Waals surface area contributed by atoms with Gasteiger partial charge in [0.25, 0.3) is 11.8 Å². The molecule has 2 N–H and O–H groups in total.